The van der Waals surface area contributed by atoms with Gasteiger partial charge in [-0.2, -0.15) is 0 Å². The summed E-state index contributed by atoms with van der Waals surface area (Å²) in [6.45, 7) is 4.16. The average Bonchev–Trinajstić information content (AvgIpc) is 2.10. The van der Waals surface area contributed by atoms with Crippen LogP contribution in [0.5, 0.6) is 0 Å². The van der Waals surface area contributed by atoms with E-state index in [0.717, 1.165) is 6.42 Å². The van der Waals surface area contributed by atoms with E-state index in [1.165, 1.54) is 38.5 Å². The highest BCUT2D eigenvalue weighted by molar-refractivity contribution is 4.73. The largest absolute Gasteiger partial charge is 0.0917 e. The van der Waals surface area contributed by atoms with Gasteiger partial charge in [0.05, 0.1) is 0 Å². The van der Waals surface area contributed by atoms with E-state index in [1.807, 2.05) is 6.92 Å². The Bertz CT molecular complexity index is 66.5. The van der Waals surface area contributed by atoms with E-state index in [9.17, 15) is 0 Å². The lowest BCUT2D eigenvalue weighted by Gasteiger charge is -2.05. The molecule has 1 rings (SSSR count). The Balaban J connectivity index is 0.000000187. The summed E-state index contributed by atoms with van der Waals surface area (Å²) in [6.07, 6.45) is 14.3. The molecule has 1 fully saturated rings. The fraction of sp³-hybridized carbons (Fsp3) is 0.818. The Morgan fingerprint density at radius 2 is 1.27 bits per heavy atom. The van der Waals surface area contributed by atoms with Crippen molar-refractivity contribution in [3.05, 3.63) is 12.2 Å². The predicted molar refractivity (Wildman–Crippen MR) is 52.8 cm³/mol. The van der Waals surface area contributed by atoms with Crippen molar-refractivity contribution < 1.29 is 0 Å². The molecule has 1 saturated carbocycles. The molecule has 0 aromatic heterocycles. The molecule has 66 valence electrons. The summed E-state index contributed by atoms with van der Waals surface area (Å²) < 4.78 is 0. The molecule has 0 radical (unpaired) electrons. The van der Waals surface area contributed by atoms with E-state index in [4.69, 9.17) is 0 Å². The van der Waals surface area contributed by atoms with Crippen LogP contribution in [-0.2, 0) is 0 Å². The summed E-state index contributed by atoms with van der Waals surface area (Å²) in [5.41, 5.74) is 0. The van der Waals surface area contributed by atoms with E-state index in [0.29, 0.717) is 0 Å². The Morgan fingerprint density at radius 3 is 1.36 bits per heavy atom. The van der Waals surface area contributed by atoms with Crippen molar-refractivity contribution in [1.82, 2.24) is 0 Å². The van der Waals surface area contributed by atoms with Gasteiger partial charge in [0, 0.05) is 0 Å². The highest BCUT2D eigenvalue weighted by atomic mass is 14.0. The second-order valence-electron chi connectivity index (χ2n) is 3.10. The quantitative estimate of drug-likeness (QED) is 0.494. The minimum absolute atomic E-state index is 1.16. The smallest absolute Gasteiger partial charge is 0.0379 e. The van der Waals surface area contributed by atoms with Crippen molar-refractivity contribution in [1.29, 1.82) is 0 Å². The lowest BCUT2D eigenvalue weighted by molar-refractivity contribution is 0.504. The third-order valence-electron chi connectivity index (χ3n) is 1.97. The Morgan fingerprint density at radius 1 is 0.909 bits per heavy atom. The fourth-order valence-electron chi connectivity index (χ4n) is 1.30. The van der Waals surface area contributed by atoms with Crippen molar-refractivity contribution in [2.24, 2.45) is 0 Å². The first-order valence-electron chi connectivity index (χ1n) is 5.03. The highest BCUT2D eigenvalue weighted by Crippen LogP contribution is 2.15. The molecule has 0 unspecified atom stereocenters. The van der Waals surface area contributed by atoms with Crippen molar-refractivity contribution >= 4 is 0 Å². The normalized spacial score (nSPS) is 17.6. The SMILES string of the molecule is C/C=C\CC.C1CCCCC1. The van der Waals surface area contributed by atoms with Crippen LogP contribution < -0.4 is 0 Å². The van der Waals surface area contributed by atoms with Gasteiger partial charge in [0.2, 0.25) is 0 Å². The van der Waals surface area contributed by atoms with E-state index >= 15 is 0 Å². The van der Waals surface area contributed by atoms with Gasteiger partial charge in [-0.15, -0.1) is 0 Å². The molecule has 0 heterocycles. The maximum absolute atomic E-state index is 2.12. The first-order chi connectivity index (χ1) is 5.41. The molecular formula is C11H22. The first-order valence-corrected chi connectivity index (χ1v) is 5.03. The van der Waals surface area contributed by atoms with E-state index < -0.39 is 0 Å². The van der Waals surface area contributed by atoms with Crippen molar-refractivity contribution in [3.8, 4) is 0 Å². The molecule has 0 atom stereocenters. The number of hydrogen-bond acceptors (Lipinski definition) is 0. The average molecular weight is 154 g/mol. The van der Waals surface area contributed by atoms with Gasteiger partial charge in [-0.3, -0.25) is 0 Å². The third kappa shape index (κ3) is 9.74. The Labute approximate surface area is 71.7 Å². The monoisotopic (exact) mass is 154 g/mol. The van der Waals surface area contributed by atoms with Gasteiger partial charge >= 0.3 is 0 Å². The second kappa shape index (κ2) is 9.74. The molecule has 0 aromatic rings. The Hall–Kier alpha value is -0.260. The van der Waals surface area contributed by atoms with E-state index in [2.05, 4.69) is 19.1 Å². The van der Waals surface area contributed by atoms with Gasteiger partial charge in [0.1, 0.15) is 0 Å². The van der Waals surface area contributed by atoms with Crippen LogP contribution in [0.2, 0.25) is 0 Å². The topological polar surface area (TPSA) is 0 Å². The minimum atomic E-state index is 1.16. The summed E-state index contributed by atoms with van der Waals surface area (Å²) in [6, 6.07) is 0. The summed E-state index contributed by atoms with van der Waals surface area (Å²) in [5.74, 6) is 0. The summed E-state index contributed by atoms with van der Waals surface area (Å²) >= 11 is 0. The Kier molecular flexibility index (Phi) is 9.51. The van der Waals surface area contributed by atoms with E-state index in [1.54, 1.807) is 0 Å². The third-order valence-corrected chi connectivity index (χ3v) is 1.97. The van der Waals surface area contributed by atoms with Crippen molar-refractivity contribution in [2.45, 2.75) is 58.8 Å². The van der Waals surface area contributed by atoms with Gasteiger partial charge in [0.25, 0.3) is 0 Å². The summed E-state index contributed by atoms with van der Waals surface area (Å²) in [5, 5.41) is 0. The van der Waals surface area contributed by atoms with Crippen LogP contribution in [0.4, 0.5) is 0 Å². The van der Waals surface area contributed by atoms with Crippen LogP contribution in [0.15, 0.2) is 12.2 Å². The zero-order valence-corrected chi connectivity index (χ0v) is 8.10. The van der Waals surface area contributed by atoms with Crippen molar-refractivity contribution in [3.63, 3.8) is 0 Å². The van der Waals surface area contributed by atoms with Crippen molar-refractivity contribution in [2.75, 3.05) is 0 Å². The molecule has 0 aliphatic heterocycles. The summed E-state index contributed by atoms with van der Waals surface area (Å²) in [4.78, 5) is 0. The summed E-state index contributed by atoms with van der Waals surface area (Å²) in [7, 11) is 0. The number of allylic oxidation sites excluding steroid dienone is 2. The molecule has 11 heavy (non-hydrogen) atoms. The molecule has 0 N–H and O–H groups in total. The molecule has 0 nitrogen and oxygen atoms in total. The van der Waals surface area contributed by atoms with Crippen LogP contribution in [-0.4, -0.2) is 0 Å². The number of rotatable bonds is 1. The predicted octanol–water partition coefficient (Wildman–Crippen LogP) is 4.31. The van der Waals surface area contributed by atoms with Crippen LogP contribution in [0.3, 0.4) is 0 Å². The molecule has 1 aliphatic rings. The molecule has 0 saturated heterocycles. The molecular weight excluding hydrogens is 132 g/mol. The van der Waals surface area contributed by atoms with Crippen LogP contribution in [0, 0.1) is 0 Å². The maximum Gasteiger partial charge on any atom is -0.0379 e. The van der Waals surface area contributed by atoms with Crippen LogP contribution >= 0.6 is 0 Å². The molecule has 0 heteroatoms. The van der Waals surface area contributed by atoms with Crippen LogP contribution in [0.25, 0.3) is 0 Å². The molecule has 0 aromatic carbocycles. The van der Waals surface area contributed by atoms with Gasteiger partial charge in [-0.1, -0.05) is 57.6 Å². The standard InChI is InChI=1S/C6H12.C5H10/c1-2-4-6-5-3-1;1-3-5-4-2/h1-6H2;3,5H,4H2,1-2H3/b;5-3-. The molecule has 0 bridgehead atoms. The lowest BCUT2D eigenvalue weighted by atomic mass is 10.0. The van der Waals surface area contributed by atoms with Gasteiger partial charge < -0.3 is 0 Å². The number of hydrogen-bond donors (Lipinski definition) is 0. The van der Waals surface area contributed by atoms with E-state index in [-0.39, 0.29) is 0 Å². The first kappa shape index (κ1) is 10.7. The highest BCUT2D eigenvalue weighted by Gasteiger charge is 1.95. The minimum Gasteiger partial charge on any atom is -0.0917 e. The second-order valence-corrected chi connectivity index (χ2v) is 3.10. The maximum atomic E-state index is 2.12. The van der Waals surface area contributed by atoms with Gasteiger partial charge in [0.15, 0.2) is 0 Å². The molecule has 0 amide bonds. The zero-order chi connectivity index (χ0) is 8.36. The molecule has 0 spiro atoms. The lowest BCUT2D eigenvalue weighted by Crippen LogP contribution is -1.85. The van der Waals surface area contributed by atoms with Gasteiger partial charge in [-0.25, -0.2) is 0 Å². The molecule has 1 aliphatic carbocycles. The van der Waals surface area contributed by atoms with Crippen LogP contribution in [0.1, 0.15) is 58.8 Å². The van der Waals surface area contributed by atoms with Gasteiger partial charge in [-0.05, 0) is 13.3 Å². The zero-order valence-electron chi connectivity index (χ0n) is 8.10. The fourth-order valence-corrected chi connectivity index (χ4v) is 1.30.